The maximum atomic E-state index is 12.0. The zero-order chi connectivity index (χ0) is 16.6. The van der Waals surface area contributed by atoms with Crippen molar-refractivity contribution in [3.63, 3.8) is 0 Å². The predicted octanol–water partition coefficient (Wildman–Crippen LogP) is 3.47. The topological polar surface area (TPSA) is 54.0 Å². The number of pyridine rings is 1. The van der Waals surface area contributed by atoms with Crippen LogP contribution in [0.15, 0.2) is 72.9 Å². The Morgan fingerprint density at radius 3 is 2.29 bits per heavy atom. The molecule has 1 unspecified atom stereocenters. The van der Waals surface area contributed by atoms with E-state index < -0.39 is 0 Å². The summed E-state index contributed by atoms with van der Waals surface area (Å²) < 4.78 is 0. The Balaban J connectivity index is 0.000000238. The molecule has 0 aliphatic carbocycles. The molecule has 2 heterocycles. The van der Waals surface area contributed by atoms with Crippen LogP contribution in [0.1, 0.15) is 6.42 Å². The minimum Gasteiger partial charge on any atom is -0.316 e. The van der Waals surface area contributed by atoms with Crippen LogP contribution in [-0.4, -0.2) is 24.0 Å². The standard InChI is InChI=1S/C14H15N3O.C6H6/c18-14(12-5-6-15-8-12)17-13-7-10-3-1-2-4-11(10)9-16-13;1-2-4-6-5-3-1/h1-4,7,9,12,15H,5-6,8H2,(H,16,17,18);1-6H. The number of amides is 1. The van der Waals surface area contributed by atoms with Crippen molar-refractivity contribution < 1.29 is 4.79 Å². The minimum absolute atomic E-state index is 0.0581. The quantitative estimate of drug-likeness (QED) is 0.760. The number of rotatable bonds is 2. The lowest BCUT2D eigenvalue weighted by Crippen LogP contribution is -2.25. The number of carbonyl (C=O) groups excluding carboxylic acids is 1. The van der Waals surface area contributed by atoms with E-state index in [1.165, 1.54) is 0 Å². The van der Waals surface area contributed by atoms with E-state index in [0.717, 1.165) is 30.3 Å². The van der Waals surface area contributed by atoms with Gasteiger partial charge in [-0.1, -0.05) is 60.7 Å². The number of carbonyl (C=O) groups is 1. The molecule has 24 heavy (non-hydrogen) atoms. The maximum Gasteiger partial charge on any atom is 0.229 e. The zero-order valence-electron chi connectivity index (χ0n) is 13.5. The minimum atomic E-state index is 0.0581. The molecule has 4 rings (SSSR count). The molecule has 0 saturated carbocycles. The molecule has 122 valence electrons. The van der Waals surface area contributed by atoms with Crippen molar-refractivity contribution in [2.24, 2.45) is 5.92 Å². The fourth-order valence-corrected chi connectivity index (χ4v) is 2.64. The van der Waals surface area contributed by atoms with E-state index in [0.29, 0.717) is 5.82 Å². The van der Waals surface area contributed by atoms with Crippen molar-refractivity contribution in [2.45, 2.75) is 6.42 Å². The van der Waals surface area contributed by atoms with Gasteiger partial charge in [0.05, 0.1) is 5.92 Å². The number of hydrogen-bond donors (Lipinski definition) is 2. The number of nitrogens with one attached hydrogen (secondary N) is 2. The molecule has 1 atom stereocenters. The van der Waals surface area contributed by atoms with E-state index in [1.807, 2.05) is 66.7 Å². The monoisotopic (exact) mass is 319 g/mol. The fourth-order valence-electron chi connectivity index (χ4n) is 2.64. The van der Waals surface area contributed by atoms with E-state index >= 15 is 0 Å². The number of anilines is 1. The van der Waals surface area contributed by atoms with Crippen LogP contribution in [0.25, 0.3) is 10.8 Å². The molecule has 0 radical (unpaired) electrons. The molecule has 2 aromatic carbocycles. The van der Waals surface area contributed by atoms with Gasteiger partial charge in [-0.2, -0.15) is 0 Å². The van der Waals surface area contributed by atoms with Gasteiger partial charge in [-0.3, -0.25) is 4.79 Å². The first-order chi connectivity index (χ1) is 11.8. The number of nitrogens with zero attached hydrogens (tertiary/aromatic N) is 1. The van der Waals surface area contributed by atoms with E-state index in [2.05, 4.69) is 15.6 Å². The highest BCUT2D eigenvalue weighted by atomic mass is 16.2. The molecule has 3 aromatic rings. The molecule has 4 heteroatoms. The lowest BCUT2D eigenvalue weighted by atomic mass is 10.1. The van der Waals surface area contributed by atoms with Crippen LogP contribution in [0.5, 0.6) is 0 Å². The summed E-state index contributed by atoms with van der Waals surface area (Å²) in [5.41, 5.74) is 0. The summed E-state index contributed by atoms with van der Waals surface area (Å²) in [6.45, 7) is 1.68. The van der Waals surface area contributed by atoms with Crippen molar-refractivity contribution >= 4 is 22.5 Å². The first-order valence-corrected chi connectivity index (χ1v) is 8.19. The number of hydrogen-bond acceptors (Lipinski definition) is 3. The number of fused-ring (bicyclic) bond motifs is 1. The van der Waals surface area contributed by atoms with Crippen molar-refractivity contribution in [3.8, 4) is 0 Å². The van der Waals surface area contributed by atoms with Crippen LogP contribution in [0.4, 0.5) is 5.82 Å². The second kappa shape index (κ2) is 8.22. The molecule has 1 saturated heterocycles. The number of aromatic nitrogens is 1. The molecule has 0 bridgehead atoms. The van der Waals surface area contributed by atoms with E-state index in [9.17, 15) is 4.79 Å². The summed E-state index contributed by atoms with van der Waals surface area (Å²) in [6.07, 6.45) is 2.69. The molecular formula is C20H21N3O. The molecule has 2 N–H and O–H groups in total. The highest BCUT2D eigenvalue weighted by Crippen LogP contribution is 2.17. The van der Waals surface area contributed by atoms with Gasteiger partial charge in [-0.05, 0) is 24.4 Å². The fraction of sp³-hybridized carbons (Fsp3) is 0.200. The van der Waals surface area contributed by atoms with Crippen LogP contribution in [-0.2, 0) is 4.79 Å². The summed E-state index contributed by atoms with van der Waals surface area (Å²) in [5.74, 6) is 0.756. The summed E-state index contributed by atoms with van der Waals surface area (Å²) >= 11 is 0. The van der Waals surface area contributed by atoms with Gasteiger partial charge in [0.25, 0.3) is 0 Å². The molecule has 1 amide bonds. The van der Waals surface area contributed by atoms with E-state index in [4.69, 9.17) is 0 Å². The Bertz CT molecular complexity index is 756. The molecule has 1 aromatic heterocycles. The van der Waals surface area contributed by atoms with Gasteiger partial charge in [0, 0.05) is 18.1 Å². The van der Waals surface area contributed by atoms with Gasteiger partial charge in [0.1, 0.15) is 5.82 Å². The summed E-state index contributed by atoms with van der Waals surface area (Å²) in [4.78, 5) is 16.2. The first kappa shape index (κ1) is 16.1. The highest BCUT2D eigenvalue weighted by molar-refractivity contribution is 5.94. The lowest BCUT2D eigenvalue weighted by molar-refractivity contribution is -0.119. The van der Waals surface area contributed by atoms with E-state index in [1.54, 1.807) is 6.20 Å². The van der Waals surface area contributed by atoms with Crippen LogP contribution in [0.3, 0.4) is 0 Å². The molecule has 1 aliphatic heterocycles. The Kier molecular flexibility index (Phi) is 5.53. The maximum absolute atomic E-state index is 12.0. The SMILES string of the molecule is O=C(Nc1cc2ccccc2cn1)C1CCNC1.c1ccccc1. The van der Waals surface area contributed by atoms with Crippen molar-refractivity contribution in [3.05, 3.63) is 72.9 Å². The van der Waals surface area contributed by atoms with Crippen molar-refractivity contribution in [1.29, 1.82) is 0 Å². The Hall–Kier alpha value is -2.72. The smallest absolute Gasteiger partial charge is 0.229 e. The molecule has 1 fully saturated rings. The average Bonchev–Trinajstić information content (AvgIpc) is 3.18. The third kappa shape index (κ3) is 4.40. The van der Waals surface area contributed by atoms with E-state index in [-0.39, 0.29) is 11.8 Å². The Morgan fingerprint density at radius 1 is 1.00 bits per heavy atom. The van der Waals surface area contributed by atoms with Gasteiger partial charge < -0.3 is 10.6 Å². The largest absolute Gasteiger partial charge is 0.316 e. The second-order valence-electron chi connectivity index (χ2n) is 5.75. The molecule has 4 nitrogen and oxygen atoms in total. The van der Waals surface area contributed by atoms with Crippen LogP contribution in [0, 0.1) is 5.92 Å². The summed E-state index contributed by atoms with van der Waals surface area (Å²) in [7, 11) is 0. The number of benzene rings is 2. The summed E-state index contributed by atoms with van der Waals surface area (Å²) in [6, 6.07) is 21.9. The lowest BCUT2D eigenvalue weighted by Gasteiger charge is -2.09. The third-order valence-corrected chi connectivity index (χ3v) is 3.98. The van der Waals surface area contributed by atoms with Gasteiger partial charge in [0.15, 0.2) is 0 Å². The molecule has 1 aliphatic rings. The van der Waals surface area contributed by atoms with Gasteiger partial charge in [0.2, 0.25) is 5.91 Å². The molecular weight excluding hydrogens is 298 g/mol. The van der Waals surface area contributed by atoms with Crippen LogP contribution < -0.4 is 10.6 Å². The normalized spacial score (nSPS) is 16.2. The van der Waals surface area contributed by atoms with Gasteiger partial charge >= 0.3 is 0 Å². The summed E-state index contributed by atoms with van der Waals surface area (Å²) in [5, 5.41) is 8.24. The molecule has 0 spiro atoms. The predicted molar refractivity (Wildman–Crippen MR) is 97.8 cm³/mol. The van der Waals surface area contributed by atoms with Crippen molar-refractivity contribution in [2.75, 3.05) is 18.4 Å². The zero-order valence-corrected chi connectivity index (χ0v) is 13.5. The Morgan fingerprint density at radius 2 is 1.67 bits per heavy atom. The van der Waals surface area contributed by atoms with Crippen molar-refractivity contribution in [1.82, 2.24) is 10.3 Å². The average molecular weight is 319 g/mol. The highest BCUT2D eigenvalue weighted by Gasteiger charge is 2.22. The second-order valence-corrected chi connectivity index (χ2v) is 5.75. The van der Waals surface area contributed by atoms with Crippen LogP contribution >= 0.6 is 0 Å². The Labute approximate surface area is 141 Å². The van der Waals surface area contributed by atoms with Gasteiger partial charge in [-0.15, -0.1) is 0 Å². The van der Waals surface area contributed by atoms with Gasteiger partial charge in [-0.25, -0.2) is 4.98 Å². The van der Waals surface area contributed by atoms with Crippen LogP contribution in [0.2, 0.25) is 0 Å². The third-order valence-electron chi connectivity index (χ3n) is 3.98. The first-order valence-electron chi connectivity index (χ1n) is 8.19.